The topological polar surface area (TPSA) is 108 Å². The first-order valence-electron chi connectivity index (χ1n) is 11.8. The standard InChI is InChI=1S/C27H38N4O4/c1-9-19(10-2)35-24-13-11-18(27(4,5)6)15-21(24)30-26(32)25(31-28)17(3)29-22-16-20(33-7)12-14-23(22)34-8/h11-16,19H,9-10,28H2,1-8H3,(H,30,32)/b29-17?,31-25+. The van der Waals surface area contributed by atoms with E-state index in [-0.39, 0.29) is 17.2 Å². The Morgan fingerprint density at radius 3 is 2.23 bits per heavy atom. The summed E-state index contributed by atoms with van der Waals surface area (Å²) < 4.78 is 16.9. The Kier molecular flexibility index (Phi) is 9.68. The van der Waals surface area contributed by atoms with Crippen LogP contribution in [0.25, 0.3) is 0 Å². The number of nitrogens with zero attached hydrogens (tertiary/aromatic N) is 2. The SMILES string of the molecule is CCC(CC)Oc1ccc(C(C)(C)C)cc1NC(=O)/C(=N/N)C(C)=Nc1cc(OC)ccc1OC. The van der Waals surface area contributed by atoms with Crippen molar-refractivity contribution in [3.05, 3.63) is 42.0 Å². The molecule has 2 rings (SSSR count). The molecule has 0 aliphatic heterocycles. The fourth-order valence-electron chi connectivity index (χ4n) is 3.45. The number of ether oxygens (including phenoxy) is 3. The molecule has 0 saturated heterocycles. The molecule has 2 aromatic carbocycles. The van der Waals surface area contributed by atoms with E-state index < -0.39 is 5.91 Å². The molecular weight excluding hydrogens is 444 g/mol. The second-order valence-electron chi connectivity index (χ2n) is 9.18. The van der Waals surface area contributed by atoms with Crippen LogP contribution < -0.4 is 25.4 Å². The summed E-state index contributed by atoms with van der Waals surface area (Å²) in [4.78, 5) is 17.8. The number of hydrogen-bond acceptors (Lipinski definition) is 7. The van der Waals surface area contributed by atoms with Gasteiger partial charge in [-0.2, -0.15) is 5.10 Å². The summed E-state index contributed by atoms with van der Waals surface area (Å²) >= 11 is 0. The van der Waals surface area contributed by atoms with Gasteiger partial charge in [-0.1, -0.05) is 40.7 Å². The van der Waals surface area contributed by atoms with Crippen molar-refractivity contribution >= 4 is 28.7 Å². The van der Waals surface area contributed by atoms with Crippen LogP contribution in [0.1, 0.15) is 59.9 Å². The van der Waals surface area contributed by atoms with Gasteiger partial charge in [-0.15, -0.1) is 0 Å². The molecule has 0 heterocycles. The summed E-state index contributed by atoms with van der Waals surface area (Å²) in [5.74, 6) is 6.87. The van der Waals surface area contributed by atoms with E-state index in [2.05, 4.69) is 50.0 Å². The highest BCUT2D eigenvalue weighted by molar-refractivity contribution is 6.68. The van der Waals surface area contributed by atoms with Gasteiger partial charge in [-0.3, -0.25) is 4.79 Å². The van der Waals surface area contributed by atoms with Crippen molar-refractivity contribution in [1.29, 1.82) is 0 Å². The minimum absolute atomic E-state index is 0.00971. The monoisotopic (exact) mass is 482 g/mol. The first kappa shape index (κ1) is 27.7. The Labute approximate surface area is 208 Å². The summed E-state index contributed by atoms with van der Waals surface area (Å²) in [7, 11) is 3.11. The molecule has 0 spiro atoms. The van der Waals surface area contributed by atoms with E-state index in [0.717, 1.165) is 18.4 Å². The van der Waals surface area contributed by atoms with Crippen LogP contribution in [0.4, 0.5) is 11.4 Å². The van der Waals surface area contributed by atoms with Gasteiger partial charge >= 0.3 is 0 Å². The highest BCUT2D eigenvalue weighted by Gasteiger charge is 2.22. The zero-order valence-electron chi connectivity index (χ0n) is 22.1. The fraction of sp³-hybridized carbons (Fsp3) is 0.444. The van der Waals surface area contributed by atoms with Crippen LogP contribution in [0, 0.1) is 0 Å². The molecule has 0 bridgehead atoms. The van der Waals surface area contributed by atoms with Crippen LogP contribution in [0.3, 0.4) is 0 Å². The zero-order chi connectivity index (χ0) is 26.2. The van der Waals surface area contributed by atoms with Crippen LogP contribution in [-0.2, 0) is 10.2 Å². The van der Waals surface area contributed by atoms with Crippen molar-refractivity contribution in [2.24, 2.45) is 15.9 Å². The third-order valence-corrected chi connectivity index (χ3v) is 5.66. The average molecular weight is 483 g/mol. The van der Waals surface area contributed by atoms with Gasteiger partial charge in [0.15, 0.2) is 5.71 Å². The zero-order valence-corrected chi connectivity index (χ0v) is 22.1. The van der Waals surface area contributed by atoms with E-state index >= 15 is 0 Å². The number of anilines is 1. The maximum atomic E-state index is 13.3. The summed E-state index contributed by atoms with van der Waals surface area (Å²) in [6.07, 6.45) is 1.75. The van der Waals surface area contributed by atoms with Crippen molar-refractivity contribution in [3.8, 4) is 17.2 Å². The van der Waals surface area contributed by atoms with E-state index in [1.54, 1.807) is 39.3 Å². The van der Waals surface area contributed by atoms with Crippen molar-refractivity contribution in [3.63, 3.8) is 0 Å². The van der Waals surface area contributed by atoms with Crippen molar-refractivity contribution in [2.75, 3.05) is 19.5 Å². The number of nitrogens with two attached hydrogens (primary N) is 1. The fourth-order valence-corrected chi connectivity index (χ4v) is 3.45. The van der Waals surface area contributed by atoms with Crippen LogP contribution in [-0.4, -0.2) is 37.7 Å². The molecule has 1 amide bonds. The lowest BCUT2D eigenvalue weighted by Gasteiger charge is -2.23. The summed E-state index contributed by atoms with van der Waals surface area (Å²) in [5.41, 5.74) is 2.31. The molecule has 190 valence electrons. The maximum absolute atomic E-state index is 13.3. The Morgan fingerprint density at radius 1 is 1.03 bits per heavy atom. The normalized spacial score (nSPS) is 12.5. The van der Waals surface area contributed by atoms with Gasteiger partial charge in [-0.05, 0) is 55.0 Å². The van der Waals surface area contributed by atoms with Gasteiger partial charge in [0.25, 0.3) is 5.91 Å². The number of nitrogens with one attached hydrogen (secondary N) is 1. The molecule has 8 nitrogen and oxygen atoms in total. The predicted octanol–water partition coefficient (Wildman–Crippen LogP) is 5.61. The van der Waals surface area contributed by atoms with Crippen LogP contribution in [0.15, 0.2) is 46.5 Å². The summed E-state index contributed by atoms with van der Waals surface area (Å²) in [5, 5.41) is 6.67. The van der Waals surface area contributed by atoms with E-state index in [9.17, 15) is 4.79 Å². The molecule has 8 heteroatoms. The van der Waals surface area contributed by atoms with Gasteiger partial charge in [0.2, 0.25) is 0 Å². The first-order chi connectivity index (χ1) is 16.6. The molecule has 0 aliphatic carbocycles. The summed E-state index contributed by atoms with van der Waals surface area (Å²) in [6, 6.07) is 11.1. The van der Waals surface area contributed by atoms with Gasteiger partial charge in [-0.25, -0.2) is 4.99 Å². The second kappa shape index (κ2) is 12.2. The second-order valence-corrected chi connectivity index (χ2v) is 9.18. The Morgan fingerprint density at radius 2 is 1.69 bits per heavy atom. The predicted molar refractivity (Wildman–Crippen MR) is 143 cm³/mol. The van der Waals surface area contributed by atoms with Gasteiger partial charge in [0, 0.05) is 6.07 Å². The molecule has 0 aliphatic rings. The molecule has 35 heavy (non-hydrogen) atoms. The van der Waals surface area contributed by atoms with Crippen molar-refractivity contribution in [1.82, 2.24) is 0 Å². The molecular formula is C27H38N4O4. The van der Waals surface area contributed by atoms with Gasteiger partial charge in [0.05, 0.1) is 31.7 Å². The molecule has 2 aromatic rings. The Hall–Kier alpha value is -3.55. The lowest BCUT2D eigenvalue weighted by atomic mass is 9.86. The van der Waals surface area contributed by atoms with E-state index in [4.69, 9.17) is 20.1 Å². The number of aliphatic imine (C=N–C) groups is 1. The molecule has 0 saturated carbocycles. The largest absolute Gasteiger partial charge is 0.497 e. The molecule has 0 fully saturated rings. The average Bonchev–Trinajstić information content (AvgIpc) is 2.82. The molecule has 0 unspecified atom stereocenters. The lowest BCUT2D eigenvalue weighted by molar-refractivity contribution is -0.110. The third kappa shape index (κ3) is 7.21. The van der Waals surface area contributed by atoms with Gasteiger partial charge in [0.1, 0.15) is 22.9 Å². The summed E-state index contributed by atoms with van der Waals surface area (Å²) in [6.45, 7) is 12.1. The maximum Gasteiger partial charge on any atom is 0.278 e. The number of carbonyl (C=O) groups is 1. The van der Waals surface area contributed by atoms with E-state index in [0.29, 0.717) is 34.3 Å². The Bertz CT molecular complexity index is 1080. The van der Waals surface area contributed by atoms with E-state index in [1.165, 1.54) is 0 Å². The molecule has 0 atom stereocenters. The highest BCUT2D eigenvalue weighted by atomic mass is 16.5. The van der Waals surface area contributed by atoms with Crippen molar-refractivity contribution < 1.29 is 19.0 Å². The molecule has 0 radical (unpaired) electrons. The van der Waals surface area contributed by atoms with E-state index in [1.807, 2.05) is 18.2 Å². The number of benzene rings is 2. The van der Waals surface area contributed by atoms with Crippen LogP contribution in [0.2, 0.25) is 0 Å². The molecule has 3 N–H and O–H groups in total. The van der Waals surface area contributed by atoms with Gasteiger partial charge < -0.3 is 25.4 Å². The molecule has 0 aromatic heterocycles. The minimum Gasteiger partial charge on any atom is -0.497 e. The smallest absolute Gasteiger partial charge is 0.278 e. The number of rotatable bonds is 10. The first-order valence-corrected chi connectivity index (χ1v) is 11.8. The number of carbonyl (C=O) groups excluding carboxylic acids is 1. The quantitative estimate of drug-likeness (QED) is 0.260. The highest BCUT2D eigenvalue weighted by Crippen LogP contribution is 2.34. The Balaban J connectivity index is 2.43. The number of hydrogen-bond donors (Lipinski definition) is 2. The lowest BCUT2D eigenvalue weighted by Crippen LogP contribution is -2.30. The number of hydrazone groups is 1. The number of methoxy groups -OCH3 is 2. The van der Waals surface area contributed by atoms with Crippen LogP contribution in [0.5, 0.6) is 17.2 Å². The third-order valence-electron chi connectivity index (χ3n) is 5.66. The number of amides is 1. The van der Waals surface area contributed by atoms with Crippen molar-refractivity contribution in [2.45, 2.75) is 65.9 Å². The minimum atomic E-state index is -0.490. The van der Waals surface area contributed by atoms with Crippen LogP contribution >= 0.6 is 0 Å².